The number of aromatic nitrogens is 2. The molecule has 1 saturated heterocycles. The summed E-state index contributed by atoms with van der Waals surface area (Å²) in [7, 11) is 1.65. The lowest BCUT2D eigenvalue weighted by Gasteiger charge is -2.28. The molecular formula is C16H21N3O2. The predicted molar refractivity (Wildman–Crippen MR) is 80.0 cm³/mol. The Hall–Kier alpha value is -1.88. The third-order valence-electron chi connectivity index (χ3n) is 4.04. The highest BCUT2D eigenvalue weighted by Crippen LogP contribution is 2.22. The fourth-order valence-electron chi connectivity index (χ4n) is 2.58. The van der Waals surface area contributed by atoms with Gasteiger partial charge in [-0.3, -0.25) is 4.90 Å². The van der Waals surface area contributed by atoms with E-state index in [9.17, 15) is 0 Å². The zero-order valence-electron chi connectivity index (χ0n) is 12.6. The van der Waals surface area contributed by atoms with Gasteiger partial charge >= 0.3 is 0 Å². The van der Waals surface area contributed by atoms with Crippen LogP contribution in [-0.4, -0.2) is 35.3 Å². The molecule has 2 heterocycles. The van der Waals surface area contributed by atoms with Crippen LogP contribution in [0.25, 0.3) is 11.5 Å². The van der Waals surface area contributed by atoms with Gasteiger partial charge in [-0.15, -0.1) is 10.2 Å². The van der Waals surface area contributed by atoms with E-state index in [0.717, 1.165) is 36.9 Å². The highest BCUT2D eigenvalue weighted by atomic mass is 16.5. The van der Waals surface area contributed by atoms with E-state index < -0.39 is 0 Å². The third-order valence-corrected chi connectivity index (χ3v) is 4.04. The van der Waals surface area contributed by atoms with E-state index in [1.54, 1.807) is 7.11 Å². The van der Waals surface area contributed by atoms with Crippen molar-refractivity contribution in [3.05, 3.63) is 30.2 Å². The van der Waals surface area contributed by atoms with Gasteiger partial charge in [0.1, 0.15) is 5.75 Å². The molecule has 1 fully saturated rings. The van der Waals surface area contributed by atoms with Crippen molar-refractivity contribution in [2.24, 2.45) is 5.92 Å². The molecule has 0 N–H and O–H groups in total. The van der Waals surface area contributed by atoms with Crippen molar-refractivity contribution in [3.8, 4) is 17.2 Å². The average molecular weight is 287 g/mol. The molecule has 0 amide bonds. The van der Waals surface area contributed by atoms with Crippen LogP contribution in [-0.2, 0) is 6.54 Å². The van der Waals surface area contributed by atoms with Crippen LogP contribution in [0.3, 0.4) is 0 Å². The molecular weight excluding hydrogens is 266 g/mol. The monoisotopic (exact) mass is 287 g/mol. The molecule has 0 saturated carbocycles. The molecule has 0 radical (unpaired) electrons. The Morgan fingerprint density at radius 1 is 1.19 bits per heavy atom. The van der Waals surface area contributed by atoms with Gasteiger partial charge in [0.25, 0.3) is 0 Å². The summed E-state index contributed by atoms with van der Waals surface area (Å²) in [5, 5.41) is 8.30. The summed E-state index contributed by atoms with van der Waals surface area (Å²) < 4.78 is 10.9. The maximum atomic E-state index is 5.77. The fourth-order valence-corrected chi connectivity index (χ4v) is 2.58. The number of methoxy groups -OCH3 is 1. The van der Waals surface area contributed by atoms with Crippen molar-refractivity contribution in [1.29, 1.82) is 0 Å². The minimum Gasteiger partial charge on any atom is -0.497 e. The topological polar surface area (TPSA) is 51.4 Å². The lowest BCUT2D eigenvalue weighted by atomic mass is 9.99. The van der Waals surface area contributed by atoms with Gasteiger partial charge in [0.2, 0.25) is 11.8 Å². The molecule has 0 spiro atoms. The van der Waals surface area contributed by atoms with E-state index in [1.807, 2.05) is 24.3 Å². The van der Waals surface area contributed by atoms with Gasteiger partial charge in [-0.05, 0) is 56.1 Å². The second-order valence-electron chi connectivity index (χ2n) is 5.69. The number of ether oxygens (including phenoxy) is 1. The van der Waals surface area contributed by atoms with Gasteiger partial charge in [-0.1, -0.05) is 6.92 Å². The minimum absolute atomic E-state index is 0.568. The first-order chi connectivity index (χ1) is 10.2. The second kappa shape index (κ2) is 6.26. The van der Waals surface area contributed by atoms with Crippen LogP contribution in [0.4, 0.5) is 0 Å². The summed E-state index contributed by atoms with van der Waals surface area (Å²) in [5.74, 6) is 2.91. The largest absolute Gasteiger partial charge is 0.497 e. The second-order valence-corrected chi connectivity index (χ2v) is 5.69. The molecule has 0 bridgehead atoms. The molecule has 3 rings (SSSR count). The first-order valence-corrected chi connectivity index (χ1v) is 7.44. The highest BCUT2D eigenvalue weighted by molar-refractivity contribution is 5.53. The number of rotatable bonds is 4. The molecule has 0 atom stereocenters. The third kappa shape index (κ3) is 3.42. The van der Waals surface area contributed by atoms with Gasteiger partial charge in [-0.25, -0.2) is 0 Å². The molecule has 112 valence electrons. The number of hydrogen-bond acceptors (Lipinski definition) is 5. The Balaban J connectivity index is 1.65. The van der Waals surface area contributed by atoms with Crippen LogP contribution < -0.4 is 4.74 Å². The standard InChI is InChI=1S/C16H21N3O2/c1-12-7-9-19(10-8-12)11-15-17-18-16(21-15)13-3-5-14(20-2)6-4-13/h3-6,12H,7-11H2,1-2H3. The van der Waals surface area contributed by atoms with Crippen molar-refractivity contribution >= 4 is 0 Å². The van der Waals surface area contributed by atoms with Gasteiger partial charge in [0, 0.05) is 5.56 Å². The van der Waals surface area contributed by atoms with Crippen molar-refractivity contribution in [2.45, 2.75) is 26.3 Å². The minimum atomic E-state index is 0.568. The molecule has 1 aromatic heterocycles. The fraction of sp³-hybridized carbons (Fsp3) is 0.500. The molecule has 1 aliphatic rings. The first kappa shape index (κ1) is 14.1. The normalized spacial score (nSPS) is 17.0. The van der Waals surface area contributed by atoms with Gasteiger partial charge in [-0.2, -0.15) is 0 Å². The van der Waals surface area contributed by atoms with Gasteiger partial charge in [0.15, 0.2) is 0 Å². The summed E-state index contributed by atoms with van der Waals surface area (Å²) in [6, 6.07) is 7.65. The Bertz CT molecular complexity index is 571. The number of nitrogens with zero attached hydrogens (tertiary/aromatic N) is 3. The molecule has 2 aromatic rings. The summed E-state index contributed by atoms with van der Waals surface area (Å²) in [6.45, 7) is 5.28. The summed E-state index contributed by atoms with van der Waals surface area (Å²) in [6.07, 6.45) is 2.50. The summed E-state index contributed by atoms with van der Waals surface area (Å²) in [4.78, 5) is 2.38. The molecule has 5 heteroatoms. The van der Waals surface area contributed by atoms with Crippen LogP contribution in [0.15, 0.2) is 28.7 Å². The lowest BCUT2D eigenvalue weighted by Crippen LogP contribution is -2.32. The molecule has 1 aromatic carbocycles. The van der Waals surface area contributed by atoms with Crippen LogP contribution in [0.1, 0.15) is 25.7 Å². The Morgan fingerprint density at radius 3 is 2.57 bits per heavy atom. The van der Waals surface area contributed by atoms with E-state index in [2.05, 4.69) is 22.0 Å². The van der Waals surface area contributed by atoms with Crippen molar-refractivity contribution < 1.29 is 9.15 Å². The number of hydrogen-bond donors (Lipinski definition) is 0. The Kier molecular flexibility index (Phi) is 4.20. The molecule has 1 aliphatic heterocycles. The number of piperidine rings is 1. The number of benzene rings is 1. The number of likely N-dealkylation sites (tertiary alicyclic amines) is 1. The SMILES string of the molecule is COc1ccc(-c2nnc(CN3CCC(C)CC3)o2)cc1. The van der Waals surface area contributed by atoms with Crippen molar-refractivity contribution in [2.75, 3.05) is 20.2 Å². The molecule has 0 unspecified atom stereocenters. The van der Waals surface area contributed by atoms with E-state index in [0.29, 0.717) is 11.8 Å². The highest BCUT2D eigenvalue weighted by Gasteiger charge is 2.18. The quantitative estimate of drug-likeness (QED) is 0.865. The molecule has 21 heavy (non-hydrogen) atoms. The lowest BCUT2D eigenvalue weighted by molar-refractivity contribution is 0.171. The maximum absolute atomic E-state index is 5.77. The summed E-state index contributed by atoms with van der Waals surface area (Å²) >= 11 is 0. The van der Waals surface area contributed by atoms with E-state index in [1.165, 1.54) is 12.8 Å². The first-order valence-electron chi connectivity index (χ1n) is 7.44. The summed E-state index contributed by atoms with van der Waals surface area (Å²) in [5.41, 5.74) is 0.918. The van der Waals surface area contributed by atoms with Gasteiger partial charge in [0.05, 0.1) is 13.7 Å². The van der Waals surface area contributed by atoms with Crippen molar-refractivity contribution in [1.82, 2.24) is 15.1 Å². The van der Waals surface area contributed by atoms with E-state index in [4.69, 9.17) is 9.15 Å². The smallest absolute Gasteiger partial charge is 0.247 e. The molecule has 5 nitrogen and oxygen atoms in total. The van der Waals surface area contributed by atoms with Crippen LogP contribution in [0.5, 0.6) is 5.75 Å². The zero-order valence-corrected chi connectivity index (χ0v) is 12.6. The Morgan fingerprint density at radius 2 is 1.90 bits per heavy atom. The predicted octanol–water partition coefficient (Wildman–Crippen LogP) is 2.98. The Labute approximate surface area is 124 Å². The zero-order chi connectivity index (χ0) is 14.7. The van der Waals surface area contributed by atoms with Crippen LogP contribution in [0.2, 0.25) is 0 Å². The van der Waals surface area contributed by atoms with Crippen molar-refractivity contribution in [3.63, 3.8) is 0 Å². The average Bonchev–Trinajstić information content (AvgIpc) is 2.98. The van der Waals surface area contributed by atoms with Crippen LogP contribution >= 0.6 is 0 Å². The van der Waals surface area contributed by atoms with E-state index in [-0.39, 0.29) is 0 Å². The van der Waals surface area contributed by atoms with Gasteiger partial charge < -0.3 is 9.15 Å². The van der Waals surface area contributed by atoms with Crippen LogP contribution in [0, 0.1) is 5.92 Å². The molecule has 0 aliphatic carbocycles. The van der Waals surface area contributed by atoms with E-state index >= 15 is 0 Å². The maximum Gasteiger partial charge on any atom is 0.247 e.